The van der Waals surface area contributed by atoms with E-state index in [-0.39, 0.29) is 22.6 Å². The van der Waals surface area contributed by atoms with Crippen molar-refractivity contribution in [2.75, 3.05) is 18.2 Å². The molecular weight excluding hydrogens is 582 g/mol. The van der Waals surface area contributed by atoms with Crippen LogP contribution in [0.15, 0.2) is 63.0 Å². The van der Waals surface area contributed by atoms with E-state index in [9.17, 15) is 9.59 Å². The second-order valence-corrected chi connectivity index (χ2v) is 13.5. The maximum absolute atomic E-state index is 14.1. The van der Waals surface area contributed by atoms with Gasteiger partial charge in [-0.1, -0.05) is 54.5 Å². The average molecular weight is 613 g/mol. The van der Waals surface area contributed by atoms with E-state index in [1.807, 2.05) is 48.5 Å². The van der Waals surface area contributed by atoms with Gasteiger partial charge in [-0.15, -0.1) is 11.3 Å². The predicted molar refractivity (Wildman–Crippen MR) is 160 cm³/mol. The first-order chi connectivity index (χ1) is 18.1. The summed E-state index contributed by atoms with van der Waals surface area (Å²) in [6.07, 6.45) is 2.92. The summed E-state index contributed by atoms with van der Waals surface area (Å²) in [5, 5.41) is 4.14. The lowest BCUT2D eigenvalue weighted by atomic mass is 9.72. The first-order valence-corrected chi connectivity index (χ1v) is 15.1. The van der Waals surface area contributed by atoms with E-state index in [4.69, 9.17) is 9.72 Å². The van der Waals surface area contributed by atoms with Crippen molar-refractivity contribution in [2.24, 2.45) is 11.3 Å². The number of hydrogen-bond acceptors (Lipinski definition) is 6. The lowest BCUT2D eigenvalue weighted by Crippen LogP contribution is -2.27. The third-order valence-corrected chi connectivity index (χ3v) is 9.63. The van der Waals surface area contributed by atoms with E-state index in [1.165, 1.54) is 16.6 Å². The molecule has 1 unspecified atom stereocenters. The quantitative estimate of drug-likeness (QED) is 0.186. The number of fused-ring (bicyclic) bond motifs is 3. The van der Waals surface area contributed by atoms with Crippen LogP contribution in [0.1, 0.15) is 37.6 Å². The molecule has 4 aromatic rings. The predicted octanol–water partition coefficient (Wildman–Crippen LogP) is 7.10. The molecule has 0 saturated heterocycles. The highest BCUT2D eigenvalue weighted by atomic mass is 79.9. The molecule has 1 aliphatic carbocycles. The van der Waals surface area contributed by atoms with Crippen LogP contribution in [0.4, 0.5) is 5.69 Å². The van der Waals surface area contributed by atoms with E-state index < -0.39 is 0 Å². The summed E-state index contributed by atoms with van der Waals surface area (Å²) in [6, 6.07) is 14.8. The Morgan fingerprint density at radius 2 is 2.00 bits per heavy atom. The molecule has 2 aromatic heterocycles. The van der Waals surface area contributed by atoms with Crippen LogP contribution in [0.25, 0.3) is 15.9 Å². The number of thiophene rings is 1. The normalized spacial score (nSPS) is 15.3. The summed E-state index contributed by atoms with van der Waals surface area (Å²) in [5.74, 6) is 1.24. The zero-order valence-corrected chi connectivity index (χ0v) is 25.1. The Kier molecular flexibility index (Phi) is 7.71. The minimum Gasteiger partial charge on any atom is -0.497 e. The fraction of sp³-hybridized carbons (Fsp3) is 0.345. The molecule has 2 heterocycles. The number of ether oxygens (including phenoxy) is 1. The van der Waals surface area contributed by atoms with Crippen molar-refractivity contribution in [1.82, 2.24) is 9.55 Å². The van der Waals surface area contributed by atoms with Crippen LogP contribution < -0.4 is 15.6 Å². The van der Waals surface area contributed by atoms with Gasteiger partial charge >= 0.3 is 0 Å². The van der Waals surface area contributed by atoms with Crippen LogP contribution in [-0.4, -0.2) is 28.3 Å². The number of anilines is 1. The summed E-state index contributed by atoms with van der Waals surface area (Å²) in [6.45, 7) is 6.87. The van der Waals surface area contributed by atoms with Gasteiger partial charge in [0.15, 0.2) is 5.16 Å². The van der Waals surface area contributed by atoms with Gasteiger partial charge in [-0.25, -0.2) is 4.98 Å². The fourth-order valence-electron chi connectivity index (χ4n) is 4.89. The maximum atomic E-state index is 14.1. The molecule has 1 aliphatic rings. The number of halogens is 1. The topological polar surface area (TPSA) is 73.2 Å². The largest absolute Gasteiger partial charge is 0.497 e. The lowest BCUT2D eigenvalue weighted by molar-refractivity contribution is -0.113. The zero-order valence-electron chi connectivity index (χ0n) is 21.8. The van der Waals surface area contributed by atoms with E-state index in [0.717, 1.165) is 39.5 Å². The summed E-state index contributed by atoms with van der Waals surface area (Å²) in [5.41, 5.74) is 2.69. The minimum atomic E-state index is -0.165. The molecule has 38 heavy (non-hydrogen) atoms. The maximum Gasteiger partial charge on any atom is 0.267 e. The number of hydrogen-bond donors (Lipinski definition) is 1. The number of amides is 1. The number of carbonyl (C=O) groups is 1. The molecule has 0 spiro atoms. The number of methoxy groups -OCH3 is 1. The van der Waals surface area contributed by atoms with Gasteiger partial charge in [0.1, 0.15) is 10.6 Å². The standard InChI is InChI=1S/C29H30BrN3O3S2/c1-29(2,3)17-8-13-22-23(14-17)38-26-25(22)27(35)33(20-9-11-21(36-4)12-10-20)28(32-26)37-16-24(34)31-19-7-5-6-18(30)15-19/h5-7,9-12,15,17H,8,13-14,16H2,1-4H3,(H,31,34). The summed E-state index contributed by atoms with van der Waals surface area (Å²) >= 11 is 6.33. The summed E-state index contributed by atoms with van der Waals surface area (Å²) in [7, 11) is 1.61. The van der Waals surface area contributed by atoms with Crippen LogP contribution in [0.3, 0.4) is 0 Å². The Hall–Kier alpha value is -2.62. The van der Waals surface area contributed by atoms with Gasteiger partial charge in [0, 0.05) is 15.0 Å². The van der Waals surface area contributed by atoms with Crippen LogP contribution in [-0.2, 0) is 17.6 Å². The zero-order chi connectivity index (χ0) is 27.0. The molecule has 0 radical (unpaired) electrons. The van der Waals surface area contributed by atoms with Gasteiger partial charge in [-0.2, -0.15) is 0 Å². The van der Waals surface area contributed by atoms with Crippen molar-refractivity contribution in [3.8, 4) is 11.4 Å². The molecular formula is C29H30BrN3O3S2. The van der Waals surface area contributed by atoms with Gasteiger partial charge < -0.3 is 10.1 Å². The number of nitrogens with one attached hydrogen (secondary N) is 1. The molecule has 0 fully saturated rings. The second kappa shape index (κ2) is 10.9. The number of rotatable bonds is 6. The highest BCUT2D eigenvalue weighted by Crippen LogP contribution is 2.42. The molecule has 9 heteroatoms. The van der Waals surface area contributed by atoms with Crippen molar-refractivity contribution in [2.45, 2.75) is 45.2 Å². The average Bonchev–Trinajstić information content (AvgIpc) is 3.25. The van der Waals surface area contributed by atoms with E-state index in [0.29, 0.717) is 28.2 Å². The van der Waals surface area contributed by atoms with Crippen LogP contribution in [0.2, 0.25) is 0 Å². The molecule has 6 nitrogen and oxygen atoms in total. The molecule has 0 saturated carbocycles. The molecule has 1 amide bonds. The molecule has 198 valence electrons. The number of benzene rings is 2. The van der Waals surface area contributed by atoms with Crippen molar-refractivity contribution in [1.29, 1.82) is 0 Å². The number of aryl methyl sites for hydroxylation is 1. The van der Waals surface area contributed by atoms with Crippen LogP contribution in [0.5, 0.6) is 5.75 Å². The fourth-order valence-corrected chi connectivity index (χ4v) is 7.45. The Labute approximate surface area is 239 Å². The third kappa shape index (κ3) is 5.55. The van der Waals surface area contributed by atoms with E-state index in [1.54, 1.807) is 23.0 Å². The number of nitrogens with zero attached hydrogens (tertiary/aromatic N) is 2. The first-order valence-electron chi connectivity index (χ1n) is 12.5. The van der Waals surface area contributed by atoms with E-state index in [2.05, 4.69) is 42.0 Å². The van der Waals surface area contributed by atoms with Gasteiger partial charge in [0.25, 0.3) is 5.56 Å². The molecule has 5 rings (SSSR count). The SMILES string of the molecule is COc1ccc(-n2c(SCC(=O)Nc3cccc(Br)c3)nc3sc4c(c3c2=O)CCC(C(C)(C)C)C4)cc1. The van der Waals surface area contributed by atoms with Gasteiger partial charge in [0.05, 0.1) is 23.9 Å². The molecule has 1 N–H and O–H groups in total. The van der Waals surface area contributed by atoms with Crippen LogP contribution >= 0.6 is 39.0 Å². The van der Waals surface area contributed by atoms with Crippen molar-refractivity contribution >= 4 is 60.8 Å². The molecule has 1 atom stereocenters. The highest BCUT2D eigenvalue weighted by molar-refractivity contribution is 9.10. The smallest absolute Gasteiger partial charge is 0.267 e. The minimum absolute atomic E-state index is 0.0817. The first kappa shape index (κ1) is 27.0. The van der Waals surface area contributed by atoms with Crippen molar-refractivity contribution in [3.63, 3.8) is 0 Å². The number of carbonyl (C=O) groups excluding carboxylic acids is 1. The molecule has 0 bridgehead atoms. The summed E-state index contributed by atoms with van der Waals surface area (Å²) in [4.78, 5) is 33.9. The molecule has 2 aromatic carbocycles. The Morgan fingerprint density at radius 3 is 2.68 bits per heavy atom. The van der Waals surface area contributed by atoms with Crippen molar-refractivity contribution in [3.05, 3.63) is 73.8 Å². The monoisotopic (exact) mass is 611 g/mol. The van der Waals surface area contributed by atoms with Crippen LogP contribution in [0, 0.1) is 11.3 Å². The highest BCUT2D eigenvalue weighted by Gasteiger charge is 2.32. The lowest BCUT2D eigenvalue weighted by Gasteiger charge is -2.33. The summed E-state index contributed by atoms with van der Waals surface area (Å²) < 4.78 is 7.84. The Balaban J connectivity index is 1.53. The van der Waals surface area contributed by atoms with Gasteiger partial charge in [-0.05, 0) is 78.6 Å². The Morgan fingerprint density at radius 1 is 1.24 bits per heavy atom. The molecule has 0 aliphatic heterocycles. The third-order valence-electron chi connectivity index (χ3n) is 7.05. The van der Waals surface area contributed by atoms with E-state index >= 15 is 0 Å². The Bertz CT molecular complexity index is 1550. The second-order valence-electron chi connectivity index (χ2n) is 10.6. The van der Waals surface area contributed by atoms with Gasteiger partial charge in [0.2, 0.25) is 5.91 Å². The van der Waals surface area contributed by atoms with Gasteiger partial charge in [-0.3, -0.25) is 14.2 Å². The van der Waals surface area contributed by atoms with Crippen molar-refractivity contribution < 1.29 is 9.53 Å². The number of thioether (sulfide) groups is 1. The number of aromatic nitrogens is 2.